The first kappa shape index (κ1) is 14.8. The lowest BCUT2D eigenvalue weighted by Gasteiger charge is -2.16. The molecular weight excluding hydrogens is 254 g/mol. The van der Waals surface area contributed by atoms with Gasteiger partial charge in [-0.3, -0.25) is 0 Å². The van der Waals surface area contributed by atoms with Gasteiger partial charge in [0.25, 0.3) is 0 Å². The Morgan fingerprint density at radius 1 is 1.15 bits per heavy atom. The second-order valence-electron chi connectivity index (χ2n) is 4.71. The predicted molar refractivity (Wildman–Crippen MR) is 80.1 cm³/mol. The molecule has 0 heterocycles. The molecule has 4 nitrogen and oxygen atoms in total. The molecule has 0 saturated carbocycles. The highest BCUT2D eigenvalue weighted by molar-refractivity contribution is 5.87. The third kappa shape index (κ3) is 3.48. The summed E-state index contributed by atoms with van der Waals surface area (Å²) in [7, 11) is 3.47. The van der Waals surface area contributed by atoms with Crippen molar-refractivity contribution in [2.24, 2.45) is 0 Å². The van der Waals surface area contributed by atoms with Crippen molar-refractivity contribution in [1.29, 1.82) is 0 Å². The molecule has 1 unspecified atom stereocenters. The Balaban J connectivity index is 2.25. The highest BCUT2D eigenvalue weighted by Crippen LogP contribution is 2.28. The van der Waals surface area contributed by atoms with E-state index in [1.165, 1.54) is 10.8 Å². The van der Waals surface area contributed by atoms with Crippen LogP contribution in [0.3, 0.4) is 0 Å². The Morgan fingerprint density at radius 2 is 1.95 bits per heavy atom. The van der Waals surface area contributed by atoms with Crippen LogP contribution in [0.5, 0.6) is 5.75 Å². The fourth-order valence-electron chi connectivity index (χ4n) is 2.24. The van der Waals surface area contributed by atoms with Crippen molar-refractivity contribution in [3.8, 4) is 5.75 Å². The van der Waals surface area contributed by atoms with Crippen molar-refractivity contribution in [3.05, 3.63) is 42.0 Å². The molecule has 0 aliphatic carbocycles. The molecule has 0 saturated heterocycles. The molecule has 0 aliphatic rings. The van der Waals surface area contributed by atoms with Gasteiger partial charge in [0.2, 0.25) is 0 Å². The summed E-state index contributed by atoms with van der Waals surface area (Å²) in [5, 5.41) is 15.2. The number of benzene rings is 2. The summed E-state index contributed by atoms with van der Waals surface area (Å²) < 4.78 is 10.6. The van der Waals surface area contributed by atoms with Crippen LogP contribution in [0, 0.1) is 0 Å². The van der Waals surface area contributed by atoms with Gasteiger partial charge >= 0.3 is 0 Å². The molecule has 1 atom stereocenters. The van der Waals surface area contributed by atoms with Gasteiger partial charge in [-0.25, -0.2) is 0 Å². The lowest BCUT2D eigenvalue weighted by molar-refractivity contribution is 0.0323. The van der Waals surface area contributed by atoms with Crippen LogP contribution >= 0.6 is 0 Å². The Labute approximate surface area is 119 Å². The monoisotopic (exact) mass is 275 g/mol. The minimum Gasteiger partial charge on any atom is -0.490 e. The highest BCUT2D eigenvalue weighted by Gasteiger charge is 2.10. The van der Waals surface area contributed by atoms with Crippen molar-refractivity contribution < 1.29 is 14.6 Å². The highest BCUT2D eigenvalue weighted by atomic mass is 16.5. The first-order valence-corrected chi connectivity index (χ1v) is 6.71. The molecule has 0 spiro atoms. The minimum absolute atomic E-state index is 0.225. The zero-order valence-corrected chi connectivity index (χ0v) is 11.9. The fraction of sp³-hybridized carbons (Fsp3) is 0.375. The van der Waals surface area contributed by atoms with Crippen LogP contribution in [-0.2, 0) is 11.3 Å². The smallest absolute Gasteiger partial charge is 0.124 e. The Hall–Kier alpha value is -1.62. The number of hydrogen-bond donors (Lipinski definition) is 2. The van der Waals surface area contributed by atoms with Crippen molar-refractivity contribution in [3.63, 3.8) is 0 Å². The van der Waals surface area contributed by atoms with E-state index in [4.69, 9.17) is 9.47 Å². The summed E-state index contributed by atoms with van der Waals surface area (Å²) in [5.74, 6) is 0.799. The van der Waals surface area contributed by atoms with Crippen LogP contribution < -0.4 is 10.1 Å². The van der Waals surface area contributed by atoms with Gasteiger partial charge in [-0.2, -0.15) is 0 Å². The van der Waals surface area contributed by atoms with E-state index in [2.05, 4.69) is 17.4 Å². The van der Waals surface area contributed by atoms with Crippen molar-refractivity contribution >= 4 is 10.8 Å². The van der Waals surface area contributed by atoms with Crippen molar-refractivity contribution in [1.82, 2.24) is 5.32 Å². The summed E-state index contributed by atoms with van der Waals surface area (Å²) in [6.07, 6.45) is -0.617. The quantitative estimate of drug-likeness (QED) is 0.811. The molecule has 2 aromatic rings. The zero-order valence-electron chi connectivity index (χ0n) is 11.9. The zero-order chi connectivity index (χ0) is 14.4. The Morgan fingerprint density at radius 3 is 2.70 bits per heavy atom. The maximum Gasteiger partial charge on any atom is 0.124 e. The number of rotatable bonds is 7. The van der Waals surface area contributed by atoms with Gasteiger partial charge < -0.3 is 19.9 Å². The molecule has 0 bridgehead atoms. The van der Waals surface area contributed by atoms with Gasteiger partial charge in [-0.1, -0.05) is 30.3 Å². The van der Waals surface area contributed by atoms with E-state index in [9.17, 15) is 5.11 Å². The average molecular weight is 275 g/mol. The summed E-state index contributed by atoms with van der Waals surface area (Å²) in [5.41, 5.74) is 1.11. The van der Waals surface area contributed by atoms with E-state index < -0.39 is 6.10 Å². The number of aliphatic hydroxyl groups is 1. The van der Waals surface area contributed by atoms with E-state index in [1.807, 2.05) is 31.3 Å². The van der Waals surface area contributed by atoms with E-state index in [0.717, 1.165) is 17.9 Å². The van der Waals surface area contributed by atoms with E-state index >= 15 is 0 Å². The van der Waals surface area contributed by atoms with E-state index in [1.54, 1.807) is 7.11 Å². The molecule has 2 rings (SSSR count). The second kappa shape index (κ2) is 7.24. The van der Waals surface area contributed by atoms with Gasteiger partial charge in [-0.05, 0) is 23.9 Å². The predicted octanol–water partition coefficient (Wildman–Crippen LogP) is 1.95. The largest absolute Gasteiger partial charge is 0.490 e. The average Bonchev–Trinajstić information content (AvgIpc) is 2.47. The van der Waals surface area contributed by atoms with Crippen LogP contribution in [0.25, 0.3) is 10.8 Å². The Kier molecular flexibility index (Phi) is 5.35. The number of hydrogen-bond acceptors (Lipinski definition) is 4. The lowest BCUT2D eigenvalue weighted by Crippen LogP contribution is -2.23. The van der Waals surface area contributed by atoms with Crippen molar-refractivity contribution in [2.75, 3.05) is 27.4 Å². The van der Waals surface area contributed by atoms with Crippen LogP contribution in [0.1, 0.15) is 5.56 Å². The summed E-state index contributed by atoms with van der Waals surface area (Å²) in [6, 6.07) is 12.2. The number of aliphatic hydroxyl groups excluding tert-OH is 1. The molecule has 2 aromatic carbocycles. The van der Waals surface area contributed by atoms with Crippen LogP contribution in [0.2, 0.25) is 0 Å². The van der Waals surface area contributed by atoms with Gasteiger partial charge in [0.1, 0.15) is 18.5 Å². The standard InChI is InChI=1S/C16H21NO3/c1-17-9-15-14-6-4-3-5-12(14)7-8-16(15)20-11-13(18)10-19-2/h3-8,13,17-18H,9-11H2,1-2H3. The molecule has 20 heavy (non-hydrogen) atoms. The van der Waals surface area contributed by atoms with Gasteiger partial charge in [0.05, 0.1) is 6.61 Å². The number of nitrogens with one attached hydrogen (secondary N) is 1. The number of ether oxygens (including phenoxy) is 2. The van der Waals surface area contributed by atoms with Gasteiger partial charge in [0, 0.05) is 19.2 Å². The summed E-state index contributed by atoms with van der Waals surface area (Å²) in [4.78, 5) is 0. The molecule has 0 radical (unpaired) electrons. The van der Waals surface area contributed by atoms with E-state index in [0.29, 0.717) is 0 Å². The topological polar surface area (TPSA) is 50.7 Å². The van der Waals surface area contributed by atoms with E-state index in [-0.39, 0.29) is 13.2 Å². The van der Waals surface area contributed by atoms with Crippen LogP contribution in [-0.4, -0.2) is 38.6 Å². The molecule has 0 amide bonds. The molecular formula is C16H21NO3. The summed E-state index contributed by atoms with van der Waals surface area (Å²) in [6.45, 7) is 1.22. The second-order valence-corrected chi connectivity index (χ2v) is 4.71. The molecule has 4 heteroatoms. The Bertz CT molecular complexity index is 556. The van der Waals surface area contributed by atoms with Crippen molar-refractivity contribution in [2.45, 2.75) is 12.6 Å². The maximum atomic E-state index is 9.68. The first-order valence-electron chi connectivity index (χ1n) is 6.71. The minimum atomic E-state index is -0.617. The number of methoxy groups -OCH3 is 1. The lowest BCUT2D eigenvalue weighted by atomic mass is 10.0. The number of fused-ring (bicyclic) bond motifs is 1. The third-order valence-corrected chi connectivity index (χ3v) is 3.14. The SMILES string of the molecule is CNCc1c(OCC(O)COC)ccc2ccccc12. The molecule has 0 aromatic heterocycles. The normalized spacial score (nSPS) is 12.6. The third-order valence-electron chi connectivity index (χ3n) is 3.14. The van der Waals surface area contributed by atoms with Gasteiger partial charge in [-0.15, -0.1) is 0 Å². The van der Waals surface area contributed by atoms with Crippen LogP contribution in [0.4, 0.5) is 0 Å². The first-order chi connectivity index (χ1) is 9.76. The molecule has 0 fully saturated rings. The maximum absolute atomic E-state index is 9.68. The van der Waals surface area contributed by atoms with Gasteiger partial charge in [0.15, 0.2) is 0 Å². The molecule has 2 N–H and O–H groups in total. The molecule has 0 aliphatic heterocycles. The summed E-state index contributed by atoms with van der Waals surface area (Å²) >= 11 is 0. The van der Waals surface area contributed by atoms with Crippen LogP contribution in [0.15, 0.2) is 36.4 Å². The molecule has 108 valence electrons. The fourth-order valence-corrected chi connectivity index (χ4v) is 2.24.